The molecule has 0 aliphatic heterocycles. The number of halogens is 3. The minimum atomic E-state index is -0.286. The molecule has 0 aliphatic rings. The second-order valence-electron chi connectivity index (χ2n) is 3.89. The molecule has 0 bridgehead atoms. The Morgan fingerprint density at radius 3 is 2.37 bits per heavy atom. The molecule has 3 nitrogen and oxygen atoms in total. The van der Waals surface area contributed by atoms with E-state index in [0.29, 0.717) is 16.3 Å². The van der Waals surface area contributed by atoms with E-state index in [-0.39, 0.29) is 16.2 Å². The van der Waals surface area contributed by atoms with Crippen molar-refractivity contribution in [2.45, 2.75) is 6.92 Å². The Balaban J connectivity index is 2.26. The van der Waals surface area contributed by atoms with Gasteiger partial charge in [-0.1, -0.05) is 34.8 Å². The molecule has 0 fully saturated rings. The quantitative estimate of drug-likeness (QED) is 0.823. The van der Waals surface area contributed by atoms with Gasteiger partial charge in [-0.25, -0.2) is 4.98 Å². The third-order valence-electron chi connectivity index (χ3n) is 2.49. The van der Waals surface area contributed by atoms with Crippen molar-refractivity contribution in [2.24, 2.45) is 0 Å². The summed E-state index contributed by atoms with van der Waals surface area (Å²) in [4.78, 5) is 15.9. The number of hydrogen-bond donors (Lipinski definition) is 1. The molecule has 6 heteroatoms. The van der Waals surface area contributed by atoms with Gasteiger partial charge in [0.05, 0.1) is 5.69 Å². The zero-order valence-corrected chi connectivity index (χ0v) is 12.1. The summed E-state index contributed by atoms with van der Waals surface area (Å²) in [7, 11) is 0. The molecule has 0 spiro atoms. The van der Waals surface area contributed by atoms with Gasteiger partial charge in [0, 0.05) is 10.6 Å². The molecule has 0 unspecified atom stereocenters. The van der Waals surface area contributed by atoms with Crippen molar-refractivity contribution in [3.05, 3.63) is 56.8 Å². The van der Waals surface area contributed by atoms with Gasteiger partial charge in [0.2, 0.25) is 0 Å². The summed E-state index contributed by atoms with van der Waals surface area (Å²) in [6, 6.07) is 8.18. The molecular formula is C13H9Cl3N2O. The van der Waals surface area contributed by atoms with Crippen LogP contribution in [0.25, 0.3) is 0 Å². The Morgan fingerprint density at radius 1 is 1.16 bits per heavy atom. The standard InChI is InChI=1S/C13H9Cl3N2O/c1-7-6-10(15)17-12(16)11(7)18-13(19)8-2-4-9(14)5-3-8/h2-6H,1H3,(H,18,19). The zero-order valence-electron chi connectivity index (χ0n) is 9.88. The second-order valence-corrected chi connectivity index (χ2v) is 5.07. The van der Waals surface area contributed by atoms with Gasteiger partial charge in [-0.2, -0.15) is 0 Å². The Labute approximate surface area is 125 Å². The summed E-state index contributed by atoms with van der Waals surface area (Å²) in [5.41, 5.74) is 1.67. The number of pyridine rings is 1. The van der Waals surface area contributed by atoms with Crippen LogP contribution in [0.15, 0.2) is 30.3 Å². The molecule has 19 heavy (non-hydrogen) atoms. The van der Waals surface area contributed by atoms with Crippen LogP contribution in [0.1, 0.15) is 15.9 Å². The number of anilines is 1. The topological polar surface area (TPSA) is 42.0 Å². The van der Waals surface area contributed by atoms with Gasteiger partial charge < -0.3 is 5.32 Å². The molecule has 1 aromatic heterocycles. The van der Waals surface area contributed by atoms with E-state index in [9.17, 15) is 4.79 Å². The summed E-state index contributed by atoms with van der Waals surface area (Å²) < 4.78 is 0. The van der Waals surface area contributed by atoms with Crippen LogP contribution in [0.5, 0.6) is 0 Å². The number of aryl methyl sites for hydroxylation is 1. The SMILES string of the molecule is Cc1cc(Cl)nc(Cl)c1NC(=O)c1ccc(Cl)cc1. The summed E-state index contributed by atoms with van der Waals surface area (Å²) >= 11 is 17.5. The first-order valence-corrected chi connectivity index (χ1v) is 6.50. The van der Waals surface area contributed by atoms with Crippen LogP contribution in [0.4, 0.5) is 5.69 Å². The van der Waals surface area contributed by atoms with E-state index < -0.39 is 0 Å². The van der Waals surface area contributed by atoms with Crippen molar-refractivity contribution in [2.75, 3.05) is 5.32 Å². The molecule has 0 atom stereocenters. The number of carbonyl (C=O) groups is 1. The maximum atomic E-state index is 12.0. The average molecular weight is 316 g/mol. The largest absolute Gasteiger partial charge is 0.319 e. The number of rotatable bonds is 2. The predicted molar refractivity (Wildman–Crippen MR) is 78.4 cm³/mol. The van der Waals surface area contributed by atoms with Crippen LogP contribution < -0.4 is 5.32 Å². The van der Waals surface area contributed by atoms with E-state index >= 15 is 0 Å². The van der Waals surface area contributed by atoms with E-state index in [4.69, 9.17) is 34.8 Å². The molecule has 1 heterocycles. The first-order chi connectivity index (χ1) is 8.97. The van der Waals surface area contributed by atoms with E-state index in [1.165, 1.54) is 0 Å². The van der Waals surface area contributed by atoms with Crippen molar-refractivity contribution in [1.29, 1.82) is 0 Å². The summed E-state index contributed by atoms with van der Waals surface area (Å²) in [6.45, 7) is 1.79. The number of benzene rings is 1. The normalized spacial score (nSPS) is 10.3. The molecule has 0 saturated carbocycles. The van der Waals surface area contributed by atoms with Crippen LogP contribution in [0.3, 0.4) is 0 Å². The Morgan fingerprint density at radius 2 is 1.79 bits per heavy atom. The first-order valence-electron chi connectivity index (χ1n) is 5.37. The van der Waals surface area contributed by atoms with Crippen molar-refractivity contribution in [3.8, 4) is 0 Å². The maximum absolute atomic E-state index is 12.0. The van der Waals surface area contributed by atoms with Crippen molar-refractivity contribution >= 4 is 46.4 Å². The monoisotopic (exact) mass is 314 g/mol. The zero-order chi connectivity index (χ0) is 14.0. The van der Waals surface area contributed by atoms with Gasteiger partial charge in [-0.05, 0) is 42.8 Å². The predicted octanol–water partition coefficient (Wildman–Crippen LogP) is 4.60. The number of carbonyl (C=O) groups excluding carboxylic acids is 1. The van der Waals surface area contributed by atoms with Gasteiger partial charge in [0.1, 0.15) is 5.15 Å². The Hall–Kier alpha value is -1.29. The van der Waals surface area contributed by atoms with Crippen molar-refractivity contribution in [3.63, 3.8) is 0 Å². The van der Waals surface area contributed by atoms with Crippen molar-refractivity contribution in [1.82, 2.24) is 4.98 Å². The molecule has 1 N–H and O–H groups in total. The summed E-state index contributed by atoms with van der Waals surface area (Å²) in [6.07, 6.45) is 0. The van der Waals surface area contributed by atoms with Gasteiger partial charge in [0.25, 0.3) is 5.91 Å². The number of hydrogen-bond acceptors (Lipinski definition) is 2. The lowest BCUT2D eigenvalue weighted by atomic mass is 10.2. The number of nitrogens with zero attached hydrogens (tertiary/aromatic N) is 1. The Kier molecular flexibility index (Phi) is 4.30. The highest BCUT2D eigenvalue weighted by molar-refractivity contribution is 6.35. The maximum Gasteiger partial charge on any atom is 0.255 e. The first kappa shape index (κ1) is 14.1. The van der Waals surface area contributed by atoms with Crippen LogP contribution >= 0.6 is 34.8 Å². The second kappa shape index (κ2) is 5.78. The van der Waals surface area contributed by atoms with Gasteiger partial charge >= 0.3 is 0 Å². The Bertz CT molecular complexity index is 603. The molecule has 0 aliphatic carbocycles. The molecule has 2 rings (SSSR count). The molecule has 2 aromatic rings. The highest BCUT2D eigenvalue weighted by Crippen LogP contribution is 2.27. The summed E-state index contributed by atoms with van der Waals surface area (Å²) in [5.74, 6) is -0.286. The fourth-order valence-electron chi connectivity index (χ4n) is 1.53. The lowest BCUT2D eigenvalue weighted by Gasteiger charge is -2.10. The van der Waals surface area contributed by atoms with Crippen LogP contribution in [0, 0.1) is 6.92 Å². The smallest absolute Gasteiger partial charge is 0.255 e. The van der Waals surface area contributed by atoms with Crippen LogP contribution in [-0.4, -0.2) is 10.9 Å². The van der Waals surface area contributed by atoms with E-state index in [1.54, 1.807) is 37.3 Å². The lowest BCUT2D eigenvalue weighted by Crippen LogP contribution is -2.13. The van der Waals surface area contributed by atoms with Gasteiger partial charge in [-0.15, -0.1) is 0 Å². The molecular weight excluding hydrogens is 307 g/mol. The van der Waals surface area contributed by atoms with Crippen LogP contribution in [-0.2, 0) is 0 Å². The lowest BCUT2D eigenvalue weighted by molar-refractivity contribution is 0.102. The highest BCUT2D eigenvalue weighted by atomic mass is 35.5. The molecule has 98 valence electrons. The molecule has 0 radical (unpaired) electrons. The van der Waals surface area contributed by atoms with E-state index in [2.05, 4.69) is 10.3 Å². The third kappa shape index (κ3) is 3.38. The van der Waals surface area contributed by atoms with Gasteiger partial charge in [0.15, 0.2) is 5.15 Å². The minimum Gasteiger partial charge on any atom is -0.319 e. The number of aromatic nitrogens is 1. The minimum absolute atomic E-state index is 0.160. The van der Waals surface area contributed by atoms with Crippen molar-refractivity contribution < 1.29 is 4.79 Å². The van der Waals surface area contributed by atoms with Gasteiger partial charge in [-0.3, -0.25) is 4.79 Å². The fraction of sp³-hybridized carbons (Fsp3) is 0.0769. The molecule has 1 amide bonds. The number of amides is 1. The third-order valence-corrected chi connectivity index (χ3v) is 3.21. The fourth-order valence-corrected chi connectivity index (χ4v) is 2.24. The van der Waals surface area contributed by atoms with E-state index in [0.717, 1.165) is 5.56 Å². The summed E-state index contributed by atoms with van der Waals surface area (Å²) in [5, 5.41) is 3.72. The van der Waals surface area contributed by atoms with E-state index in [1.807, 2.05) is 0 Å². The average Bonchev–Trinajstić information content (AvgIpc) is 2.34. The molecule has 0 saturated heterocycles. The number of nitrogens with one attached hydrogen (secondary N) is 1. The van der Waals surface area contributed by atoms with Crippen LogP contribution in [0.2, 0.25) is 15.3 Å². The highest BCUT2D eigenvalue weighted by Gasteiger charge is 2.12. The molecule has 1 aromatic carbocycles.